The number of carbonyl (C=O) groups is 1. The fraction of sp³-hybridized carbons (Fsp3) is 0.300. The van der Waals surface area contributed by atoms with Crippen LogP contribution in [-0.4, -0.2) is 17.2 Å². The molecule has 1 unspecified atom stereocenters. The zero-order valence-corrected chi connectivity index (χ0v) is 9.80. The number of ether oxygens (including phenoxy) is 1. The molecule has 0 saturated carbocycles. The zero-order chi connectivity index (χ0) is 12.3. The Hall–Kier alpha value is -1.04. The van der Waals surface area contributed by atoms with Crippen molar-refractivity contribution in [2.45, 2.75) is 18.4 Å². The maximum atomic E-state index is 13.3. The van der Waals surface area contributed by atoms with Crippen molar-refractivity contribution in [3.8, 4) is 5.75 Å². The molecule has 6 heteroatoms. The number of halogens is 4. The van der Waals surface area contributed by atoms with Crippen LogP contribution < -0.4 is 4.74 Å². The van der Waals surface area contributed by atoms with Crippen molar-refractivity contribution >= 4 is 21.7 Å². The molecule has 0 N–H and O–H groups in total. The van der Waals surface area contributed by atoms with Gasteiger partial charge in [0.25, 0.3) is 0 Å². The Morgan fingerprint density at radius 2 is 2.06 bits per heavy atom. The highest BCUT2D eigenvalue weighted by molar-refractivity contribution is 9.10. The molecule has 0 aliphatic carbocycles. The smallest absolute Gasteiger partial charge is 0.387 e. The van der Waals surface area contributed by atoms with Crippen LogP contribution in [0.5, 0.6) is 5.75 Å². The second-order valence-corrected chi connectivity index (χ2v) is 4.35. The number of carbonyl (C=O) groups excluding carboxylic acids is 1. The highest BCUT2D eigenvalue weighted by atomic mass is 79.9. The molecule has 0 aliphatic rings. The van der Waals surface area contributed by atoms with Gasteiger partial charge in [-0.05, 0) is 19.1 Å². The molecule has 1 aromatic rings. The topological polar surface area (TPSA) is 26.3 Å². The molecule has 16 heavy (non-hydrogen) atoms. The number of alkyl halides is 3. The van der Waals surface area contributed by atoms with Gasteiger partial charge in [0.1, 0.15) is 11.6 Å². The van der Waals surface area contributed by atoms with Crippen LogP contribution >= 0.6 is 15.9 Å². The highest BCUT2D eigenvalue weighted by Crippen LogP contribution is 2.26. The Morgan fingerprint density at radius 3 is 2.56 bits per heavy atom. The largest absolute Gasteiger partial charge is 0.434 e. The van der Waals surface area contributed by atoms with Crippen molar-refractivity contribution in [2.75, 3.05) is 0 Å². The minimum Gasteiger partial charge on any atom is -0.434 e. The SMILES string of the molecule is CC(Br)C(=O)c1c(F)cccc1OC(F)F. The molecule has 1 atom stereocenters. The monoisotopic (exact) mass is 296 g/mol. The number of hydrogen-bond donors (Lipinski definition) is 0. The first kappa shape index (κ1) is 13.0. The average Bonchev–Trinajstić information content (AvgIpc) is 2.16. The van der Waals surface area contributed by atoms with Gasteiger partial charge in [-0.25, -0.2) is 4.39 Å². The van der Waals surface area contributed by atoms with Crippen LogP contribution in [0.25, 0.3) is 0 Å². The van der Waals surface area contributed by atoms with Gasteiger partial charge in [-0.3, -0.25) is 4.79 Å². The lowest BCUT2D eigenvalue weighted by atomic mass is 10.1. The van der Waals surface area contributed by atoms with Crippen LogP contribution in [0, 0.1) is 5.82 Å². The van der Waals surface area contributed by atoms with E-state index in [0.717, 1.165) is 12.1 Å². The molecule has 0 aliphatic heterocycles. The Morgan fingerprint density at radius 1 is 1.44 bits per heavy atom. The predicted molar refractivity (Wildman–Crippen MR) is 55.8 cm³/mol. The predicted octanol–water partition coefficient (Wildman–Crippen LogP) is 3.39. The quantitative estimate of drug-likeness (QED) is 0.629. The molecule has 0 bridgehead atoms. The van der Waals surface area contributed by atoms with E-state index in [2.05, 4.69) is 20.7 Å². The van der Waals surface area contributed by atoms with E-state index >= 15 is 0 Å². The van der Waals surface area contributed by atoms with Gasteiger partial charge < -0.3 is 4.74 Å². The fourth-order valence-electron chi connectivity index (χ4n) is 1.14. The highest BCUT2D eigenvalue weighted by Gasteiger charge is 2.22. The molecular formula is C10H8BrF3O2. The fourth-order valence-corrected chi connectivity index (χ4v) is 1.37. The van der Waals surface area contributed by atoms with E-state index in [-0.39, 0.29) is 0 Å². The number of benzene rings is 1. The molecule has 0 aromatic heterocycles. The second-order valence-electron chi connectivity index (χ2n) is 2.97. The van der Waals surface area contributed by atoms with Gasteiger partial charge >= 0.3 is 6.61 Å². The van der Waals surface area contributed by atoms with Crippen LogP contribution in [0.3, 0.4) is 0 Å². The first-order valence-corrected chi connectivity index (χ1v) is 5.26. The standard InChI is InChI=1S/C10H8BrF3O2/c1-5(11)9(15)8-6(12)3-2-4-7(8)16-10(13)14/h2-5,10H,1H3. The van der Waals surface area contributed by atoms with Gasteiger partial charge in [0.2, 0.25) is 0 Å². The Labute approximate surface area is 98.5 Å². The van der Waals surface area contributed by atoms with Crippen molar-refractivity contribution < 1.29 is 22.7 Å². The summed E-state index contributed by atoms with van der Waals surface area (Å²) in [6.45, 7) is -1.63. The summed E-state index contributed by atoms with van der Waals surface area (Å²) in [6, 6.07) is 3.33. The third-order valence-corrected chi connectivity index (χ3v) is 2.21. The summed E-state index contributed by atoms with van der Waals surface area (Å²) in [4.78, 5) is 10.9. The molecule has 0 heterocycles. The van der Waals surface area contributed by atoms with Gasteiger partial charge in [0.15, 0.2) is 5.78 Å². The van der Waals surface area contributed by atoms with E-state index in [1.54, 1.807) is 0 Å². The summed E-state index contributed by atoms with van der Waals surface area (Å²) in [6.07, 6.45) is 0. The van der Waals surface area contributed by atoms with Gasteiger partial charge in [-0.15, -0.1) is 0 Å². The van der Waals surface area contributed by atoms with E-state index < -0.39 is 34.4 Å². The van der Waals surface area contributed by atoms with Gasteiger partial charge in [-0.1, -0.05) is 22.0 Å². The second kappa shape index (κ2) is 5.34. The van der Waals surface area contributed by atoms with E-state index in [0.29, 0.717) is 0 Å². The maximum absolute atomic E-state index is 13.3. The number of ketones is 1. The number of Topliss-reactive ketones (excluding diaryl/α,β-unsaturated/α-hetero) is 1. The normalized spacial score (nSPS) is 12.6. The van der Waals surface area contributed by atoms with Crippen LogP contribution in [0.2, 0.25) is 0 Å². The summed E-state index contributed by atoms with van der Waals surface area (Å²) in [5.41, 5.74) is -0.466. The molecule has 0 fully saturated rings. The minimum atomic E-state index is -3.10. The molecular weight excluding hydrogens is 289 g/mol. The first-order chi connectivity index (χ1) is 7.43. The van der Waals surface area contributed by atoms with E-state index in [9.17, 15) is 18.0 Å². The summed E-state index contributed by atoms with van der Waals surface area (Å²) in [5.74, 6) is -1.98. The zero-order valence-electron chi connectivity index (χ0n) is 8.22. The van der Waals surface area contributed by atoms with Crippen molar-refractivity contribution in [1.82, 2.24) is 0 Å². The van der Waals surface area contributed by atoms with Crippen LogP contribution in [-0.2, 0) is 0 Å². The van der Waals surface area contributed by atoms with Crippen LogP contribution in [0.1, 0.15) is 17.3 Å². The van der Waals surface area contributed by atoms with Crippen LogP contribution in [0.4, 0.5) is 13.2 Å². The molecule has 0 amide bonds. The third-order valence-electron chi connectivity index (χ3n) is 1.80. The van der Waals surface area contributed by atoms with Gasteiger partial charge in [0, 0.05) is 0 Å². The Kier molecular flexibility index (Phi) is 4.35. The average molecular weight is 297 g/mol. The lowest BCUT2D eigenvalue weighted by molar-refractivity contribution is -0.0503. The van der Waals surface area contributed by atoms with Crippen molar-refractivity contribution in [2.24, 2.45) is 0 Å². The molecule has 0 saturated heterocycles. The maximum Gasteiger partial charge on any atom is 0.387 e. The summed E-state index contributed by atoms with van der Waals surface area (Å²) >= 11 is 2.95. The lowest BCUT2D eigenvalue weighted by Crippen LogP contribution is -2.15. The van der Waals surface area contributed by atoms with Crippen molar-refractivity contribution in [3.05, 3.63) is 29.6 Å². The molecule has 0 radical (unpaired) electrons. The van der Waals surface area contributed by atoms with E-state index in [1.807, 2.05) is 0 Å². The third kappa shape index (κ3) is 2.98. The minimum absolute atomic E-state index is 0.452. The van der Waals surface area contributed by atoms with E-state index in [4.69, 9.17) is 0 Å². The molecule has 1 aromatic carbocycles. The number of rotatable bonds is 4. The van der Waals surface area contributed by atoms with Crippen molar-refractivity contribution in [1.29, 1.82) is 0 Å². The first-order valence-electron chi connectivity index (χ1n) is 4.35. The molecule has 2 nitrogen and oxygen atoms in total. The molecule has 0 spiro atoms. The Bertz CT molecular complexity index is 394. The van der Waals surface area contributed by atoms with Crippen molar-refractivity contribution in [3.63, 3.8) is 0 Å². The Balaban J connectivity index is 3.18. The summed E-state index contributed by atoms with van der Waals surface area (Å²) < 4.78 is 41.5. The molecule has 1 rings (SSSR count). The van der Waals surface area contributed by atoms with Gasteiger partial charge in [-0.2, -0.15) is 8.78 Å². The van der Waals surface area contributed by atoms with Crippen LogP contribution in [0.15, 0.2) is 18.2 Å². The number of hydrogen-bond acceptors (Lipinski definition) is 2. The van der Waals surface area contributed by atoms with Gasteiger partial charge in [0.05, 0.1) is 10.4 Å². The summed E-state index contributed by atoms with van der Waals surface area (Å²) in [7, 11) is 0. The molecule has 88 valence electrons. The van der Waals surface area contributed by atoms with E-state index in [1.165, 1.54) is 13.0 Å². The lowest BCUT2D eigenvalue weighted by Gasteiger charge is -2.11. The summed E-state index contributed by atoms with van der Waals surface area (Å²) in [5, 5.41) is 0.